The third-order valence-electron chi connectivity index (χ3n) is 3.81. The molecule has 1 fully saturated rings. The fourth-order valence-electron chi connectivity index (χ4n) is 2.62. The van der Waals surface area contributed by atoms with Gasteiger partial charge in [0.15, 0.2) is 0 Å². The van der Waals surface area contributed by atoms with Crippen molar-refractivity contribution >= 4 is 27.6 Å². The van der Waals surface area contributed by atoms with Gasteiger partial charge in [-0.1, -0.05) is 35.7 Å². The van der Waals surface area contributed by atoms with Gasteiger partial charge in [-0.15, -0.1) is 0 Å². The molecule has 18 heavy (non-hydrogen) atoms. The zero-order chi connectivity index (χ0) is 13.1. The molecule has 0 aromatic heterocycles. The summed E-state index contributed by atoms with van der Waals surface area (Å²) in [6.45, 7) is 3.14. The molecule has 0 saturated heterocycles. The van der Waals surface area contributed by atoms with Crippen molar-refractivity contribution in [1.82, 2.24) is 0 Å². The number of hydrogen-bond donors (Lipinski definition) is 2. The molecule has 0 bridgehead atoms. The first-order valence-electron chi connectivity index (χ1n) is 6.34. The number of hydrogen-bond acceptors (Lipinski definition) is 2. The average Bonchev–Trinajstić information content (AvgIpc) is 2.72. The second kappa shape index (κ2) is 5.74. The van der Waals surface area contributed by atoms with Crippen LogP contribution in [0.3, 0.4) is 0 Å². The molecule has 0 radical (unpaired) electrons. The van der Waals surface area contributed by atoms with E-state index in [2.05, 4.69) is 28.2 Å². The molecule has 1 saturated carbocycles. The van der Waals surface area contributed by atoms with E-state index < -0.39 is 5.97 Å². The highest BCUT2D eigenvalue weighted by molar-refractivity contribution is 9.10. The molecule has 0 amide bonds. The predicted octanol–water partition coefficient (Wildman–Crippen LogP) is 4.00. The molecule has 3 nitrogen and oxygen atoms in total. The Labute approximate surface area is 116 Å². The van der Waals surface area contributed by atoms with Gasteiger partial charge in [0.1, 0.15) is 0 Å². The Morgan fingerprint density at radius 1 is 1.50 bits per heavy atom. The van der Waals surface area contributed by atoms with Crippen molar-refractivity contribution in [2.45, 2.75) is 26.2 Å². The minimum Gasteiger partial charge on any atom is -0.478 e. The molecule has 1 aliphatic carbocycles. The van der Waals surface area contributed by atoms with E-state index in [-0.39, 0.29) is 0 Å². The lowest BCUT2D eigenvalue weighted by molar-refractivity contribution is 0.0698. The molecule has 2 rings (SSSR count). The number of halogens is 1. The van der Waals surface area contributed by atoms with Crippen molar-refractivity contribution in [2.24, 2.45) is 11.8 Å². The summed E-state index contributed by atoms with van der Waals surface area (Å²) < 4.78 is 0.898. The summed E-state index contributed by atoms with van der Waals surface area (Å²) in [5.41, 5.74) is 1.04. The summed E-state index contributed by atoms with van der Waals surface area (Å²) in [5, 5.41) is 12.4. The monoisotopic (exact) mass is 311 g/mol. The summed E-state index contributed by atoms with van der Waals surface area (Å²) >= 11 is 3.38. The normalized spacial score (nSPS) is 23.0. The van der Waals surface area contributed by atoms with Crippen molar-refractivity contribution in [3.05, 3.63) is 28.2 Å². The van der Waals surface area contributed by atoms with Gasteiger partial charge in [-0.2, -0.15) is 0 Å². The standard InChI is InChI=1S/C14H18BrNO2/c1-9-3-2-4-10(9)8-16-13-7-11(15)5-6-12(13)14(17)18/h5-7,9-10,16H,2-4,8H2,1H3,(H,17,18). The largest absolute Gasteiger partial charge is 0.478 e. The molecule has 2 atom stereocenters. The Balaban J connectivity index is 2.08. The van der Waals surface area contributed by atoms with Crippen LogP contribution in [0.25, 0.3) is 0 Å². The molecule has 1 aromatic carbocycles. The van der Waals surface area contributed by atoms with E-state index >= 15 is 0 Å². The highest BCUT2D eigenvalue weighted by atomic mass is 79.9. The molecule has 98 valence electrons. The Morgan fingerprint density at radius 3 is 2.89 bits per heavy atom. The molecule has 0 spiro atoms. The van der Waals surface area contributed by atoms with Gasteiger partial charge in [0, 0.05) is 16.7 Å². The van der Waals surface area contributed by atoms with Gasteiger partial charge in [0.05, 0.1) is 5.56 Å². The number of carboxylic acids is 1. The van der Waals surface area contributed by atoms with Gasteiger partial charge in [0.2, 0.25) is 0 Å². The van der Waals surface area contributed by atoms with Crippen LogP contribution < -0.4 is 5.32 Å². The molecule has 0 heterocycles. The van der Waals surface area contributed by atoms with Crippen molar-refractivity contribution in [1.29, 1.82) is 0 Å². The first kappa shape index (κ1) is 13.4. The first-order valence-corrected chi connectivity index (χ1v) is 7.14. The van der Waals surface area contributed by atoms with Gasteiger partial charge in [-0.3, -0.25) is 0 Å². The number of anilines is 1. The van der Waals surface area contributed by atoms with Gasteiger partial charge in [0.25, 0.3) is 0 Å². The fraction of sp³-hybridized carbons (Fsp3) is 0.500. The Morgan fingerprint density at radius 2 is 2.28 bits per heavy atom. The Kier molecular flexibility index (Phi) is 4.27. The molecular formula is C14H18BrNO2. The van der Waals surface area contributed by atoms with Crippen LogP contribution in [-0.4, -0.2) is 17.6 Å². The fourth-order valence-corrected chi connectivity index (χ4v) is 2.98. The number of nitrogens with one attached hydrogen (secondary N) is 1. The van der Waals surface area contributed by atoms with Gasteiger partial charge < -0.3 is 10.4 Å². The lowest BCUT2D eigenvalue weighted by atomic mass is 9.98. The van der Waals surface area contributed by atoms with Gasteiger partial charge in [-0.05, 0) is 36.5 Å². The van der Waals surface area contributed by atoms with E-state index in [9.17, 15) is 4.79 Å². The lowest BCUT2D eigenvalue weighted by Crippen LogP contribution is -2.17. The van der Waals surface area contributed by atoms with E-state index in [1.54, 1.807) is 12.1 Å². The van der Waals surface area contributed by atoms with Gasteiger partial charge in [-0.25, -0.2) is 4.79 Å². The van der Waals surface area contributed by atoms with Crippen LogP contribution in [0.1, 0.15) is 36.5 Å². The smallest absolute Gasteiger partial charge is 0.337 e. The molecule has 1 aromatic rings. The van der Waals surface area contributed by atoms with E-state index in [4.69, 9.17) is 5.11 Å². The van der Waals surface area contributed by atoms with Crippen LogP contribution in [0.5, 0.6) is 0 Å². The molecule has 4 heteroatoms. The van der Waals surface area contributed by atoms with Crippen LogP contribution in [0.4, 0.5) is 5.69 Å². The highest BCUT2D eigenvalue weighted by Gasteiger charge is 2.23. The topological polar surface area (TPSA) is 49.3 Å². The summed E-state index contributed by atoms with van der Waals surface area (Å²) in [5.74, 6) is 0.507. The molecular weight excluding hydrogens is 294 g/mol. The maximum atomic E-state index is 11.1. The third-order valence-corrected chi connectivity index (χ3v) is 4.30. The molecule has 0 aliphatic heterocycles. The number of aromatic carboxylic acids is 1. The zero-order valence-corrected chi connectivity index (χ0v) is 12.0. The summed E-state index contributed by atoms with van der Waals surface area (Å²) in [7, 11) is 0. The summed E-state index contributed by atoms with van der Waals surface area (Å²) in [4.78, 5) is 11.1. The van der Waals surface area contributed by atoms with Crippen molar-refractivity contribution in [2.75, 3.05) is 11.9 Å². The van der Waals surface area contributed by atoms with E-state index in [1.807, 2.05) is 6.07 Å². The van der Waals surface area contributed by atoms with Crippen LogP contribution in [0.15, 0.2) is 22.7 Å². The SMILES string of the molecule is CC1CCCC1CNc1cc(Br)ccc1C(=O)O. The number of carboxylic acid groups (broad SMARTS) is 1. The maximum Gasteiger partial charge on any atom is 0.337 e. The minimum absolute atomic E-state index is 0.337. The Bertz CT molecular complexity index is 447. The second-order valence-corrected chi connectivity index (χ2v) is 5.96. The van der Waals surface area contributed by atoms with Crippen molar-refractivity contribution < 1.29 is 9.90 Å². The highest BCUT2D eigenvalue weighted by Crippen LogP contribution is 2.31. The zero-order valence-electron chi connectivity index (χ0n) is 10.4. The van der Waals surface area contributed by atoms with Crippen molar-refractivity contribution in [3.63, 3.8) is 0 Å². The van der Waals surface area contributed by atoms with E-state index in [0.29, 0.717) is 17.2 Å². The Hall–Kier alpha value is -1.03. The minimum atomic E-state index is -0.885. The number of rotatable bonds is 4. The number of benzene rings is 1. The number of carbonyl (C=O) groups is 1. The lowest BCUT2D eigenvalue weighted by Gasteiger charge is -2.18. The summed E-state index contributed by atoms with van der Waals surface area (Å²) in [6.07, 6.45) is 3.82. The van der Waals surface area contributed by atoms with E-state index in [1.165, 1.54) is 19.3 Å². The second-order valence-electron chi connectivity index (χ2n) is 5.04. The average molecular weight is 312 g/mol. The van der Waals surface area contributed by atoms with Crippen LogP contribution >= 0.6 is 15.9 Å². The summed E-state index contributed by atoms with van der Waals surface area (Å²) in [6, 6.07) is 5.22. The third kappa shape index (κ3) is 3.05. The molecule has 2 unspecified atom stereocenters. The van der Waals surface area contributed by atoms with Crippen molar-refractivity contribution in [3.8, 4) is 0 Å². The molecule has 2 N–H and O–H groups in total. The van der Waals surface area contributed by atoms with E-state index in [0.717, 1.165) is 16.9 Å². The quantitative estimate of drug-likeness (QED) is 0.883. The van der Waals surface area contributed by atoms with Crippen LogP contribution in [0, 0.1) is 11.8 Å². The van der Waals surface area contributed by atoms with Crippen LogP contribution in [-0.2, 0) is 0 Å². The van der Waals surface area contributed by atoms with Crippen LogP contribution in [0.2, 0.25) is 0 Å². The maximum absolute atomic E-state index is 11.1. The molecule has 1 aliphatic rings. The predicted molar refractivity (Wildman–Crippen MR) is 76.1 cm³/mol. The van der Waals surface area contributed by atoms with Gasteiger partial charge >= 0.3 is 5.97 Å². The first-order chi connectivity index (χ1) is 8.58.